The van der Waals surface area contributed by atoms with Crippen LogP contribution >= 0.6 is 15.9 Å². The Balaban J connectivity index is 2.53. The third-order valence-electron chi connectivity index (χ3n) is 2.10. The Morgan fingerprint density at radius 3 is 2.55 bits per heavy atom. The molecule has 6 nitrogen and oxygen atoms in total. The van der Waals surface area contributed by atoms with Crippen molar-refractivity contribution in [1.29, 1.82) is 0 Å². The zero-order valence-electron chi connectivity index (χ0n) is 11.9. The molecule has 0 aliphatic heterocycles. The quantitative estimate of drug-likeness (QED) is 0.884. The van der Waals surface area contributed by atoms with E-state index in [0.29, 0.717) is 5.69 Å². The Hall–Kier alpha value is -1.63. The molecule has 0 aliphatic carbocycles. The zero-order valence-corrected chi connectivity index (χ0v) is 13.4. The molecule has 1 aromatic heterocycles. The summed E-state index contributed by atoms with van der Waals surface area (Å²) in [6.45, 7) is 6.84. The number of alkyl carbamates (subject to hydrolysis) is 1. The van der Waals surface area contributed by atoms with Crippen molar-refractivity contribution >= 4 is 33.6 Å². The maximum atomic E-state index is 11.9. The average molecular weight is 344 g/mol. The fourth-order valence-corrected chi connectivity index (χ4v) is 1.65. The van der Waals surface area contributed by atoms with Gasteiger partial charge in [0.2, 0.25) is 5.91 Å². The molecule has 20 heavy (non-hydrogen) atoms. The second-order valence-electron chi connectivity index (χ2n) is 5.25. The van der Waals surface area contributed by atoms with Crippen molar-refractivity contribution in [1.82, 2.24) is 10.3 Å². The van der Waals surface area contributed by atoms with Crippen molar-refractivity contribution in [3.63, 3.8) is 0 Å². The van der Waals surface area contributed by atoms with Gasteiger partial charge in [-0.15, -0.1) is 0 Å². The average Bonchev–Trinajstić information content (AvgIpc) is 2.25. The van der Waals surface area contributed by atoms with Crippen LogP contribution in [0, 0.1) is 0 Å². The summed E-state index contributed by atoms with van der Waals surface area (Å²) in [5, 5.41) is 5.11. The normalized spacial score (nSPS) is 12.4. The van der Waals surface area contributed by atoms with E-state index in [1.54, 1.807) is 40.0 Å². The molecule has 0 radical (unpaired) electrons. The summed E-state index contributed by atoms with van der Waals surface area (Å²) in [5.74, 6) is -0.351. The van der Waals surface area contributed by atoms with Gasteiger partial charge in [-0.3, -0.25) is 9.78 Å². The number of carbonyl (C=O) groups excluding carboxylic acids is 2. The minimum Gasteiger partial charge on any atom is -0.444 e. The number of rotatable bonds is 3. The lowest BCUT2D eigenvalue weighted by Crippen LogP contribution is -2.43. The van der Waals surface area contributed by atoms with Gasteiger partial charge in [0.25, 0.3) is 0 Å². The topological polar surface area (TPSA) is 80.3 Å². The standard InChI is InChI=1S/C13H18BrN3O3/c1-8(16-12(19)20-13(2,3)4)11(18)17-10-5-9(14)6-15-7-10/h5-8H,1-4H3,(H,16,19)(H,17,18)/t8-/m0/s1. The van der Waals surface area contributed by atoms with E-state index < -0.39 is 17.7 Å². The maximum Gasteiger partial charge on any atom is 0.408 e. The van der Waals surface area contributed by atoms with Gasteiger partial charge in [0.15, 0.2) is 0 Å². The van der Waals surface area contributed by atoms with Crippen LogP contribution in [0.25, 0.3) is 0 Å². The number of nitrogens with zero attached hydrogens (tertiary/aromatic N) is 1. The summed E-state index contributed by atoms with van der Waals surface area (Å²) in [7, 11) is 0. The van der Waals surface area contributed by atoms with Crippen LogP contribution in [-0.4, -0.2) is 28.6 Å². The number of anilines is 1. The molecular weight excluding hydrogens is 326 g/mol. The molecule has 0 spiro atoms. The van der Waals surface area contributed by atoms with Crippen molar-refractivity contribution in [2.24, 2.45) is 0 Å². The first-order valence-corrected chi connectivity index (χ1v) is 6.87. The fraction of sp³-hybridized carbons (Fsp3) is 0.462. The second kappa shape index (κ2) is 6.69. The van der Waals surface area contributed by atoms with Crippen molar-refractivity contribution in [3.05, 3.63) is 22.9 Å². The summed E-state index contributed by atoms with van der Waals surface area (Å²) in [6, 6.07) is 0.995. The largest absolute Gasteiger partial charge is 0.444 e. The van der Waals surface area contributed by atoms with Gasteiger partial charge >= 0.3 is 6.09 Å². The predicted molar refractivity (Wildman–Crippen MR) is 79.4 cm³/mol. The Morgan fingerprint density at radius 1 is 1.35 bits per heavy atom. The zero-order chi connectivity index (χ0) is 15.3. The van der Waals surface area contributed by atoms with Crippen LogP contribution in [0.1, 0.15) is 27.7 Å². The van der Waals surface area contributed by atoms with Crippen LogP contribution in [0.3, 0.4) is 0 Å². The monoisotopic (exact) mass is 343 g/mol. The predicted octanol–water partition coefficient (Wildman–Crippen LogP) is 2.70. The van der Waals surface area contributed by atoms with Gasteiger partial charge in [0.05, 0.1) is 11.9 Å². The Morgan fingerprint density at radius 2 is 2.00 bits per heavy atom. The number of ether oxygens (including phenoxy) is 1. The van der Waals surface area contributed by atoms with E-state index >= 15 is 0 Å². The Bertz CT molecular complexity index is 500. The van der Waals surface area contributed by atoms with E-state index in [0.717, 1.165) is 4.47 Å². The molecule has 0 saturated carbocycles. The number of aromatic nitrogens is 1. The van der Waals surface area contributed by atoms with Gasteiger partial charge in [-0.05, 0) is 49.7 Å². The third-order valence-corrected chi connectivity index (χ3v) is 2.53. The maximum absolute atomic E-state index is 11.9. The van der Waals surface area contributed by atoms with Crippen LogP contribution in [0.5, 0.6) is 0 Å². The molecular formula is C13H18BrN3O3. The lowest BCUT2D eigenvalue weighted by atomic mass is 10.2. The first kappa shape index (κ1) is 16.4. The van der Waals surface area contributed by atoms with Crippen LogP contribution < -0.4 is 10.6 Å². The molecule has 2 N–H and O–H groups in total. The molecule has 0 saturated heterocycles. The first-order chi connectivity index (χ1) is 9.17. The number of halogens is 1. The molecule has 0 fully saturated rings. The van der Waals surface area contributed by atoms with Gasteiger partial charge in [-0.2, -0.15) is 0 Å². The van der Waals surface area contributed by atoms with Crippen molar-refractivity contribution in [3.8, 4) is 0 Å². The molecule has 7 heteroatoms. The van der Waals surface area contributed by atoms with E-state index in [-0.39, 0.29) is 5.91 Å². The lowest BCUT2D eigenvalue weighted by Gasteiger charge is -2.21. The van der Waals surface area contributed by atoms with E-state index in [1.807, 2.05) is 0 Å². The highest BCUT2D eigenvalue weighted by Gasteiger charge is 2.21. The van der Waals surface area contributed by atoms with Crippen molar-refractivity contribution in [2.75, 3.05) is 5.32 Å². The van der Waals surface area contributed by atoms with E-state index in [1.165, 1.54) is 6.20 Å². The summed E-state index contributed by atoms with van der Waals surface area (Å²) in [6.07, 6.45) is 2.49. The molecule has 0 bridgehead atoms. The molecule has 1 rings (SSSR count). The van der Waals surface area contributed by atoms with E-state index in [9.17, 15) is 9.59 Å². The third kappa shape index (κ3) is 6.01. The van der Waals surface area contributed by atoms with Crippen molar-refractivity contribution < 1.29 is 14.3 Å². The molecule has 110 valence electrons. The molecule has 2 amide bonds. The highest BCUT2D eigenvalue weighted by Crippen LogP contribution is 2.13. The smallest absolute Gasteiger partial charge is 0.408 e. The first-order valence-electron chi connectivity index (χ1n) is 6.08. The number of hydrogen-bond acceptors (Lipinski definition) is 4. The molecule has 0 aliphatic rings. The van der Waals surface area contributed by atoms with E-state index in [4.69, 9.17) is 4.74 Å². The summed E-state index contributed by atoms with van der Waals surface area (Å²) in [4.78, 5) is 27.4. The summed E-state index contributed by atoms with van der Waals surface area (Å²) in [5.41, 5.74) is -0.0590. The van der Waals surface area contributed by atoms with Gasteiger partial charge in [0.1, 0.15) is 11.6 Å². The van der Waals surface area contributed by atoms with Gasteiger partial charge in [-0.25, -0.2) is 4.79 Å². The second-order valence-corrected chi connectivity index (χ2v) is 6.16. The molecule has 1 aromatic rings. The fourth-order valence-electron chi connectivity index (χ4n) is 1.28. The van der Waals surface area contributed by atoms with Gasteiger partial charge in [0, 0.05) is 10.7 Å². The molecule has 1 atom stereocenters. The SMILES string of the molecule is C[C@H](NC(=O)OC(C)(C)C)C(=O)Nc1cncc(Br)c1. The Kier molecular flexibility index (Phi) is 5.50. The van der Waals surface area contributed by atoms with Crippen LogP contribution in [-0.2, 0) is 9.53 Å². The van der Waals surface area contributed by atoms with Gasteiger partial charge in [-0.1, -0.05) is 0 Å². The summed E-state index contributed by atoms with van der Waals surface area (Å²) >= 11 is 3.26. The number of hydrogen-bond donors (Lipinski definition) is 2. The van der Waals surface area contributed by atoms with Crippen LogP contribution in [0.2, 0.25) is 0 Å². The highest BCUT2D eigenvalue weighted by atomic mass is 79.9. The summed E-state index contributed by atoms with van der Waals surface area (Å²) < 4.78 is 5.83. The number of carbonyl (C=O) groups is 2. The number of nitrogens with one attached hydrogen (secondary N) is 2. The molecule has 0 unspecified atom stereocenters. The number of amides is 2. The molecule has 0 aromatic carbocycles. The van der Waals surface area contributed by atoms with Crippen molar-refractivity contribution in [2.45, 2.75) is 39.3 Å². The Labute approximate surface area is 126 Å². The lowest BCUT2D eigenvalue weighted by molar-refractivity contribution is -0.117. The molecule has 1 heterocycles. The minimum absolute atomic E-state index is 0.351. The van der Waals surface area contributed by atoms with E-state index in [2.05, 4.69) is 31.5 Å². The minimum atomic E-state index is -0.719. The van der Waals surface area contributed by atoms with Gasteiger partial charge < -0.3 is 15.4 Å². The van der Waals surface area contributed by atoms with Crippen LogP contribution in [0.15, 0.2) is 22.9 Å². The number of pyridine rings is 1. The van der Waals surface area contributed by atoms with Crippen LogP contribution in [0.4, 0.5) is 10.5 Å². The highest BCUT2D eigenvalue weighted by molar-refractivity contribution is 9.10.